The maximum Gasteiger partial charge on any atom is 0.201 e. The van der Waals surface area contributed by atoms with Crippen LogP contribution in [-0.2, 0) is 0 Å². The van der Waals surface area contributed by atoms with Crippen molar-refractivity contribution in [2.24, 2.45) is 5.92 Å². The fourth-order valence-corrected chi connectivity index (χ4v) is 4.39. The molecule has 1 saturated carbocycles. The van der Waals surface area contributed by atoms with Crippen LogP contribution in [0.2, 0.25) is 0 Å². The SMILES string of the molecule is C/C=C\Oc1ccc(-c2ccc(C3CCC(CCCCC)CC3)cc2)c(F)c1F. The maximum absolute atomic E-state index is 14.5. The lowest BCUT2D eigenvalue weighted by Crippen LogP contribution is -2.13. The van der Waals surface area contributed by atoms with Crippen molar-refractivity contribution in [1.82, 2.24) is 0 Å². The molecule has 1 nitrogen and oxygen atoms in total. The first-order chi connectivity index (χ1) is 14.1. The average Bonchev–Trinajstić information content (AvgIpc) is 2.76. The van der Waals surface area contributed by atoms with E-state index in [0.717, 1.165) is 5.92 Å². The van der Waals surface area contributed by atoms with Crippen LogP contribution in [0.5, 0.6) is 5.75 Å². The highest BCUT2D eigenvalue weighted by Gasteiger charge is 2.22. The molecule has 0 amide bonds. The molecular formula is C26H32F2O. The van der Waals surface area contributed by atoms with Gasteiger partial charge >= 0.3 is 0 Å². The fourth-order valence-electron chi connectivity index (χ4n) is 4.39. The standard InChI is InChI=1S/C26H32F2O/c1-3-5-6-7-19-8-10-20(11-9-19)21-12-14-22(15-13-21)23-16-17-24(29-18-4-2)26(28)25(23)27/h4,12-20H,3,5-11H2,1-2H3/b18-4-. The van der Waals surface area contributed by atoms with Crippen LogP contribution >= 0.6 is 0 Å². The summed E-state index contributed by atoms with van der Waals surface area (Å²) >= 11 is 0. The number of ether oxygens (including phenoxy) is 1. The van der Waals surface area contributed by atoms with E-state index in [9.17, 15) is 8.78 Å². The van der Waals surface area contributed by atoms with Gasteiger partial charge in [0.15, 0.2) is 11.6 Å². The first-order valence-electron chi connectivity index (χ1n) is 11.0. The van der Waals surface area contributed by atoms with Crippen molar-refractivity contribution in [1.29, 1.82) is 0 Å². The molecule has 3 heteroatoms. The minimum atomic E-state index is -0.953. The zero-order valence-electron chi connectivity index (χ0n) is 17.6. The molecule has 0 N–H and O–H groups in total. The van der Waals surface area contributed by atoms with E-state index in [1.54, 1.807) is 19.1 Å². The molecule has 0 heterocycles. The highest BCUT2D eigenvalue weighted by Crippen LogP contribution is 2.38. The molecule has 1 fully saturated rings. The number of rotatable bonds is 8. The lowest BCUT2D eigenvalue weighted by Gasteiger charge is -2.29. The molecule has 0 spiro atoms. The van der Waals surface area contributed by atoms with Crippen molar-refractivity contribution in [2.75, 3.05) is 0 Å². The van der Waals surface area contributed by atoms with Crippen molar-refractivity contribution < 1.29 is 13.5 Å². The molecule has 0 bridgehead atoms. The Labute approximate surface area is 173 Å². The third-order valence-corrected chi connectivity index (χ3v) is 6.13. The van der Waals surface area contributed by atoms with Gasteiger partial charge < -0.3 is 4.74 Å². The lowest BCUT2D eigenvalue weighted by molar-refractivity contribution is 0.303. The Balaban J connectivity index is 1.64. The van der Waals surface area contributed by atoms with Crippen LogP contribution in [0.15, 0.2) is 48.7 Å². The zero-order chi connectivity index (χ0) is 20.6. The molecule has 0 radical (unpaired) electrons. The zero-order valence-corrected chi connectivity index (χ0v) is 17.6. The molecule has 0 aromatic heterocycles. The Morgan fingerprint density at radius 2 is 1.66 bits per heavy atom. The molecule has 2 aromatic carbocycles. The Morgan fingerprint density at radius 1 is 0.931 bits per heavy atom. The number of hydrogen-bond donors (Lipinski definition) is 0. The smallest absolute Gasteiger partial charge is 0.201 e. The van der Waals surface area contributed by atoms with Gasteiger partial charge in [-0.25, -0.2) is 4.39 Å². The Morgan fingerprint density at radius 3 is 2.31 bits per heavy atom. The van der Waals surface area contributed by atoms with Crippen LogP contribution in [0.4, 0.5) is 8.78 Å². The summed E-state index contributed by atoms with van der Waals surface area (Å²) in [6.07, 6.45) is 13.4. The van der Waals surface area contributed by atoms with Crippen molar-refractivity contribution in [3.05, 3.63) is 65.9 Å². The van der Waals surface area contributed by atoms with E-state index in [1.807, 2.05) is 12.1 Å². The molecule has 0 aliphatic heterocycles. The normalized spacial score (nSPS) is 19.6. The minimum absolute atomic E-state index is 0.100. The molecule has 156 valence electrons. The van der Waals surface area contributed by atoms with Crippen LogP contribution in [0, 0.1) is 17.6 Å². The van der Waals surface area contributed by atoms with Gasteiger partial charge in [0.05, 0.1) is 6.26 Å². The van der Waals surface area contributed by atoms with Crippen molar-refractivity contribution in [3.63, 3.8) is 0 Å². The topological polar surface area (TPSA) is 9.23 Å². The number of hydrogen-bond acceptors (Lipinski definition) is 1. The van der Waals surface area contributed by atoms with Crippen molar-refractivity contribution >= 4 is 0 Å². The van der Waals surface area contributed by atoms with Gasteiger partial charge in [-0.1, -0.05) is 62.9 Å². The summed E-state index contributed by atoms with van der Waals surface area (Å²) in [5.74, 6) is -0.447. The lowest BCUT2D eigenvalue weighted by atomic mass is 9.77. The van der Waals surface area contributed by atoms with Crippen molar-refractivity contribution in [3.8, 4) is 16.9 Å². The molecule has 3 rings (SSSR count). The summed E-state index contributed by atoms with van der Waals surface area (Å²) in [5.41, 5.74) is 2.27. The third kappa shape index (κ3) is 5.46. The Bertz CT molecular complexity index is 802. The average molecular weight is 399 g/mol. The summed E-state index contributed by atoms with van der Waals surface area (Å²) in [6, 6.07) is 11.0. The highest BCUT2D eigenvalue weighted by atomic mass is 19.2. The van der Waals surface area contributed by atoms with E-state index in [2.05, 4.69) is 19.1 Å². The predicted octanol–water partition coefficient (Wildman–Crippen LogP) is 8.40. The second kappa shape index (κ2) is 10.6. The minimum Gasteiger partial charge on any atom is -0.462 e. The molecule has 2 aromatic rings. The molecule has 0 unspecified atom stereocenters. The summed E-state index contributed by atoms with van der Waals surface area (Å²) in [4.78, 5) is 0. The van der Waals surface area contributed by atoms with Crippen molar-refractivity contribution in [2.45, 2.75) is 71.1 Å². The van der Waals surface area contributed by atoms with Gasteiger partial charge in [0.1, 0.15) is 0 Å². The van der Waals surface area contributed by atoms with E-state index in [1.165, 1.54) is 69.3 Å². The van der Waals surface area contributed by atoms with Gasteiger partial charge in [0.25, 0.3) is 0 Å². The van der Waals surface area contributed by atoms with Gasteiger partial charge in [0.2, 0.25) is 5.82 Å². The second-order valence-corrected chi connectivity index (χ2v) is 8.16. The van der Waals surface area contributed by atoms with E-state index < -0.39 is 11.6 Å². The third-order valence-electron chi connectivity index (χ3n) is 6.13. The van der Waals surface area contributed by atoms with E-state index >= 15 is 0 Å². The summed E-state index contributed by atoms with van der Waals surface area (Å²) < 4.78 is 33.9. The van der Waals surface area contributed by atoms with Gasteiger partial charge in [-0.3, -0.25) is 0 Å². The predicted molar refractivity (Wildman–Crippen MR) is 116 cm³/mol. The number of unbranched alkanes of at least 4 members (excludes halogenated alkanes) is 2. The maximum atomic E-state index is 14.5. The largest absolute Gasteiger partial charge is 0.462 e. The van der Waals surface area contributed by atoms with Crippen LogP contribution < -0.4 is 4.74 Å². The fraction of sp³-hybridized carbons (Fsp3) is 0.462. The van der Waals surface area contributed by atoms with E-state index in [-0.39, 0.29) is 11.3 Å². The molecule has 1 aliphatic rings. The summed E-state index contributed by atoms with van der Waals surface area (Å²) in [7, 11) is 0. The first kappa shape index (κ1) is 21.5. The van der Waals surface area contributed by atoms with Crippen LogP contribution in [0.3, 0.4) is 0 Å². The monoisotopic (exact) mass is 398 g/mol. The molecule has 1 aliphatic carbocycles. The Kier molecular flexibility index (Phi) is 7.85. The number of halogens is 2. The molecule has 0 atom stereocenters. The van der Waals surface area contributed by atoms with Gasteiger partial charge in [-0.15, -0.1) is 0 Å². The van der Waals surface area contributed by atoms with Gasteiger partial charge in [0, 0.05) is 5.56 Å². The van der Waals surface area contributed by atoms with Gasteiger partial charge in [-0.2, -0.15) is 4.39 Å². The van der Waals surface area contributed by atoms with Crippen LogP contribution in [0.25, 0.3) is 11.1 Å². The first-order valence-corrected chi connectivity index (χ1v) is 11.0. The highest BCUT2D eigenvalue weighted by molar-refractivity contribution is 5.65. The number of allylic oxidation sites excluding steroid dienone is 1. The molecular weight excluding hydrogens is 366 g/mol. The summed E-state index contributed by atoms with van der Waals surface area (Å²) in [5, 5.41) is 0. The Hall–Kier alpha value is -2.16. The quantitative estimate of drug-likeness (QED) is 0.320. The molecule has 29 heavy (non-hydrogen) atoms. The second-order valence-electron chi connectivity index (χ2n) is 8.16. The van der Waals surface area contributed by atoms with Crippen LogP contribution in [-0.4, -0.2) is 0 Å². The molecule has 0 saturated heterocycles. The van der Waals surface area contributed by atoms with Crippen LogP contribution in [0.1, 0.15) is 76.7 Å². The van der Waals surface area contributed by atoms with Gasteiger partial charge in [-0.05, 0) is 67.7 Å². The van der Waals surface area contributed by atoms with E-state index in [4.69, 9.17) is 4.74 Å². The van der Waals surface area contributed by atoms with E-state index in [0.29, 0.717) is 11.5 Å². The number of benzene rings is 2. The summed E-state index contributed by atoms with van der Waals surface area (Å²) in [6.45, 7) is 4.01.